The predicted molar refractivity (Wildman–Crippen MR) is 106 cm³/mol. The monoisotopic (exact) mass is 344 g/mol. The van der Waals surface area contributed by atoms with Gasteiger partial charge in [-0.3, -0.25) is 0 Å². The third kappa shape index (κ3) is 3.30. The molecule has 26 heavy (non-hydrogen) atoms. The number of pyridine rings is 1. The molecule has 5 heteroatoms. The molecule has 0 saturated carbocycles. The summed E-state index contributed by atoms with van der Waals surface area (Å²) in [7, 11) is 0. The summed E-state index contributed by atoms with van der Waals surface area (Å²) in [5.41, 5.74) is 9.86. The number of anilines is 1. The number of imidazole rings is 1. The zero-order valence-corrected chi connectivity index (χ0v) is 14.4. The second-order valence-corrected chi connectivity index (χ2v) is 6.04. The molecule has 0 radical (unpaired) electrons. The summed E-state index contributed by atoms with van der Waals surface area (Å²) < 4.78 is 7.82. The Balaban J connectivity index is 1.44. The Morgan fingerprint density at radius 2 is 1.85 bits per heavy atom. The van der Waals surface area contributed by atoms with Crippen molar-refractivity contribution in [1.29, 1.82) is 0 Å². The Morgan fingerprint density at radius 3 is 2.73 bits per heavy atom. The van der Waals surface area contributed by atoms with Gasteiger partial charge in [-0.1, -0.05) is 60.7 Å². The quantitative estimate of drug-likeness (QED) is 0.539. The second-order valence-electron chi connectivity index (χ2n) is 6.04. The lowest BCUT2D eigenvalue weighted by Crippen LogP contribution is -2.05. The van der Waals surface area contributed by atoms with Crippen LogP contribution in [0.1, 0.15) is 5.56 Å². The number of fused-ring (bicyclic) bond motifs is 3. The molecular formula is C21H20N4O. The Morgan fingerprint density at radius 1 is 1.04 bits per heavy atom. The molecule has 0 bridgehead atoms. The third-order valence-electron chi connectivity index (χ3n) is 4.28. The summed E-state index contributed by atoms with van der Waals surface area (Å²) >= 11 is 0. The van der Waals surface area contributed by atoms with Gasteiger partial charge in [0.05, 0.1) is 30.6 Å². The van der Waals surface area contributed by atoms with Crippen molar-refractivity contribution in [2.24, 2.45) is 0 Å². The fourth-order valence-electron chi connectivity index (χ4n) is 3.04. The first-order valence-corrected chi connectivity index (χ1v) is 8.61. The largest absolute Gasteiger partial charge is 0.382 e. The molecule has 0 aliphatic carbocycles. The molecule has 0 saturated heterocycles. The Kier molecular flexibility index (Phi) is 4.62. The highest BCUT2D eigenvalue weighted by Gasteiger charge is 2.11. The van der Waals surface area contributed by atoms with E-state index in [9.17, 15) is 0 Å². The van der Waals surface area contributed by atoms with Gasteiger partial charge in [-0.25, -0.2) is 9.97 Å². The van der Waals surface area contributed by atoms with E-state index in [-0.39, 0.29) is 0 Å². The standard InChI is InChI=1S/C21H20N4O/c22-21-19-20(17-10-4-5-11-18(17)24-21)25(15-23-19)12-14-26-13-6-9-16-7-2-1-3-8-16/h1-11,15H,12-14H2,(H2,22,24)/b9-6+. The maximum Gasteiger partial charge on any atom is 0.152 e. The van der Waals surface area contributed by atoms with Crippen molar-refractivity contribution < 1.29 is 4.74 Å². The lowest BCUT2D eigenvalue weighted by molar-refractivity contribution is 0.154. The minimum absolute atomic E-state index is 0.462. The van der Waals surface area contributed by atoms with E-state index in [2.05, 4.69) is 32.7 Å². The Hall–Kier alpha value is -3.18. The number of nitrogens with zero attached hydrogens (tertiary/aromatic N) is 3. The van der Waals surface area contributed by atoms with Gasteiger partial charge in [0.25, 0.3) is 0 Å². The van der Waals surface area contributed by atoms with Gasteiger partial charge in [-0.2, -0.15) is 0 Å². The molecule has 130 valence electrons. The average Bonchev–Trinajstić information content (AvgIpc) is 3.10. The van der Waals surface area contributed by atoms with E-state index in [1.807, 2.05) is 48.5 Å². The first kappa shape index (κ1) is 16.3. The molecule has 0 aliphatic heterocycles. The summed E-state index contributed by atoms with van der Waals surface area (Å²) in [4.78, 5) is 8.86. The van der Waals surface area contributed by atoms with E-state index in [0.29, 0.717) is 25.6 Å². The molecule has 0 spiro atoms. The number of aromatic nitrogens is 3. The first-order chi connectivity index (χ1) is 12.8. The number of nitrogen functional groups attached to an aromatic ring is 1. The van der Waals surface area contributed by atoms with Gasteiger partial charge < -0.3 is 15.0 Å². The van der Waals surface area contributed by atoms with Crippen LogP contribution in [0.25, 0.3) is 28.0 Å². The number of hydrogen-bond acceptors (Lipinski definition) is 4. The maximum atomic E-state index is 6.06. The first-order valence-electron chi connectivity index (χ1n) is 8.61. The van der Waals surface area contributed by atoms with Crippen molar-refractivity contribution in [3.8, 4) is 0 Å². The van der Waals surface area contributed by atoms with Gasteiger partial charge in [0, 0.05) is 11.9 Å². The van der Waals surface area contributed by atoms with Gasteiger partial charge in [-0.05, 0) is 11.6 Å². The molecule has 0 aliphatic rings. The van der Waals surface area contributed by atoms with Crippen LogP contribution < -0.4 is 5.73 Å². The van der Waals surface area contributed by atoms with Crippen LogP contribution in [0.5, 0.6) is 0 Å². The van der Waals surface area contributed by atoms with Crippen molar-refractivity contribution in [2.75, 3.05) is 18.9 Å². The number of ether oxygens (including phenoxy) is 1. The zero-order chi connectivity index (χ0) is 17.8. The van der Waals surface area contributed by atoms with Crippen LogP contribution in [-0.2, 0) is 11.3 Å². The fourth-order valence-corrected chi connectivity index (χ4v) is 3.04. The molecule has 0 atom stereocenters. The van der Waals surface area contributed by atoms with Crippen LogP contribution in [0.2, 0.25) is 0 Å². The van der Waals surface area contributed by atoms with Gasteiger partial charge in [-0.15, -0.1) is 0 Å². The van der Waals surface area contributed by atoms with Gasteiger partial charge in [0.2, 0.25) is 0 Å². The normalized spacial score (nSPS) is 11.7. The van der Waals surface area contributed by atoms with Crippen molar-refractivity contribution in [3.05, 3.63) is 72.6 Å². The number of hydrogen-bond donors (Lipinski definition) is 1. The van der Waals surface area contributed by atoms with E-state index in [1.165, 1.54) is 5.56 Å². The van der Waals surface area contributed by atoms with Crippen molar-refractivity contribution >= 4 is 33.8 Å². The second kappa shape index (κ2) is 7.37. The summed E-state index contributed by atoms with van der Waals surface area (Å²) in [6.45, 7) is 1.89. The lowest BCUT2D eigenvalue weighted by atomic mass is 10.2. The van der Waals surface area contributed by atoms with Crippen LogP contribution >= 0.6 is 0 Å². The highest BCUT2D eigenvalue weighted by molar-refractivity contribution is 6.06. The van der Waals surface area contributed by atoms with Crippen molar-refractivity contribution in [3.63, 3.8) is 0 Å². The molecular weight excluding hydrogens is 324 g/mol. The number of benzene rings is 2. The number of rotatable bonds is 6. The summed E-state index contributed by atoms with van der Waals surface area (Å²) in [5.74, 6) is 0.462. The molecule has 2 aromatic heterocycles. The predicted octanol–water partition coefficient (Wildman–Crippen LogP) is 3.90. The molecule has 0 fully saturated rings. The van der Waals surface area contributed by atoms with Gasteiger partial charge in [0.15, 0.2) is 5.82 Å². The highest BCUT2D eigenvalue weighted by Crippen LogP contribution is 2.26. The van der Waals surface area contributed by atoms with Gasteiger partial charge in [0.1, 0.15) is 5.52 Å². The summed E-state index contributed by atoms with van der Waals surface area (Å²) in [5, 5.41) is 1.05. The van der Waals surface area contributed by atoms with Crippen LogP contribution in [-0.4, -0.2) is 27.7 Å². The zero-order valence-electron chi connectivity index (χ0n) is 14.4. The average molecular weight is 344 g/mol. The van der Waals surface area contributed by atoms with Crippen molar-refractivity contribution in [1.82, 2.24) is 14.5 Å². The van der Waals surface area contributed by atoms with Crippen LogP contribution in [0, 0.1) is 0 Å². The molecule has 2 heterocycles. The van der Waals surface area contributed by atoms with E-state index >= 15 is 0 Å². The van der Waals surface area contributed by atoms with Crippen molar-refractivity contribution in [2.45, 2.75) is 6.54 Å². The molecule has 4 aromatic rings. The Labute approximate surface area is 151 Å². The maximum absolute atomic E-state index is 6.06. The molecule has 5 nitrogen and oxygen atoms in total. The summed E-state index contributed by atoms with van der Waals surface area (Å²) in [6, 6.07) is 18.2. The molecule has 2 N–H and O–H groups in total. The molecule has 2 aromatic carbocycles. The van der Waals surface area contributed by atoms with Crippen LogP contribution in [0.15, 0.2) is 67.0 Å². The van der Waals surface area contributed by atoms with E-state index < -0.39 is 0 Å². The SMILES string of the molecule is Nc1nc2ccccc2c2c1ncn2CCOC/C=C/c1ccccc1. The topological polar surface area (TPSA) is 66.0 Å². The third-order valence-corrected chi connectivity index (χ3v) is 4.28. The number of nitrogens with two attached hydrogens (primary N) is 1. The van der Waals surface area contributed by atoms with E-state index in [1.54, 1.807) is 6.33 Å². The summed E-state index contributed by atoms with van der Waals surface area (Å²) in [6.07, 6.45) is 5.89. The van der Waals surface area contributed by atoms with E-state index in [0.717, 1.165) is 21.9 Å². The lowest BCUT2D eigenvalue weighted by Gasteiger charge is -2.07. The molecule has 4 rings (SSSR count). The van der Waals surface area contributed by atoms with Crippen LogP contribution in [0.4, 0.5) is 5.82 Å². The minimum Gasteiger partial charge on any atom is -0.382 e. The Bertz CT molecular complexity index is 1050. The minimum atomic E-state index is 0.462. The fraction of sp³-hybridized carbons (Fsp3) is 0.143. The molecule has 0 unspecified atom stereocenters. The van der Waals surface area contributed by atoms with E-state index in [4.69, 9.17) is 10.5 Å². The van der Waals surface area contributed by atoms with Gasteiger partial charge >= 0.3 is 0 Å². The highest BCUT2D eigenvalue weighted by atomic mass is 16.5. The molecule has 0 amide bonds. The smallest absolute Gasteiger partial charge is 0.152 e. The van der Waals surface area contributed by atoms with Crippen LogP contribution in [0.3, 0.4) is 0 Å². The number of para-hydroxylation sites is 1.